The predicted octanol–water partition coefficient (Wildman–Crippen LogP) is 2.28. The molecule has 0 bridgehead atoms. The van der Waals surface area contributed by atoms with E-state index in [9.17, 15) is 4.79 Å². The lowest BCUT2D eigenvalue weighted by Gasteiger charge is -2.16. The Morgan fingerprint density at radius 1 is 1.39 bits per heavy atom. The smallest absolute Gasteiger partial charge is 0.227 e. The number of carbonyl (C=O) groups excluding carboxylic acids is 1. The molecule has 1 aromatic heterocycles. The van der Waals surface area contributed by atoms with E-state index in [-0.39, 0.29) is 11.8 Å². The van der Waals surface area contributed by atoms with E-state index in [0.29, 0.717) is 5.92 Å². The third-order valence-electron chi connectivity index (χ3n) is 3.89. The summed E-state index contributed by atoms with van der Waals surface area (Å²) in [5.41, 5.74) is 0.807. The van der Waals surface area contributed by atoms with Gasteiger partial charge in [-0.25, -0.2) is 4.98 Å². The van der Waals surface area contributed by atoms with Crippen LogP contribution >= 0.6 is 0 Å². The summed E-state index contributed by atoms with van der Waals surface area (Å²) in [6.07, 6.45) is 5.28. The quantitative estimate of drug-likeness (QED) is 0.888. The fourth-order valence-corrected chi connectivity index (χ4v) is 2.52. The maximum atomic E-state index is 11.8. The molecule has 1 amide bonds. The van der Waals surface area contributed by atoms with Gasteiger partial charge in [0, 0.05) is 19.0 Å². The summed E-state index contributed by atoms with van der Waals surface area (Å²) in [5, 5.41) is 2.93. The van der Waals surface area contributed by atoms with Crippen LogP contribution in [0.5, 0.6) is 0 Å². The number of pyridine rings is 1. The van der Waals surface area contributed by atoms with Crippen LogP contribution in [-0.2, 0) is 4.79 Å². The Kier molecular flexibility index (Phi) is 2.94. The van der Waals surface area contributed by atoms with Gasteiger partial charge in [-0.05, 0) is 37.3 Å². The van der Waals surface area contributed by atoms with Gasteiger partial charge in [0.25, 0.3) is 0 Å². The van der Waals surface area contributed by atoms with Gasteiger partial charge in [0.1, 0.15) is 5.82 Å². The summed E-state index contributed by atoms with van der Waals surface area (Å²) in [4.78, 5) is 18.5. The molecule has 1 saturated carbocycles. The van der Waals surface area contributed by atoms with Crippen LogP contribution in [0.2, 0.25) is 0 Å². The molecule has 4 nitrogen and oxygen atoms in total. The van der Waals surface area contributed by atoms with Gasteiger partial charge in [0.15, 0.2) is 0 Å². The Hall–Kier alpha value is -1.58. The van der Waals surface area contributed by atoms with E-state index < -0.39 is 0 Å². The number of aromatic nitrogens is 1. The number of hydrogen-bond donors (Lipinski definition) is 1. The molecule has 1 aromatic rings. The molecule has 4 heteroatoms. The van der Waals surface area contributed by atoms with E-state index in [4.69, 9.17) is 0 Å². The van der Waals surface area contributed by atoms with E-state index in [1.54, 1.807) is 6.20 Å². The third kappa shape index (κ3) is 2.33. The van der Waals surface area contributed by atoms with Crippen molar-refractivity contribution in [3.8, 4) is 0 Å². The van der Waals surface area contributed by atoms with Crippen molar-refractivity contribution >= 4 is 17.4 Å². The van der Waals surface area contributed by atoms with Crippen LogP contribution < -0.4 is 10.2 Å². The molecular weight excluding hydrogens is 226 g/mol. The highest BCUT2D eigenvalue weighted by atomic mass is 16.2. The second-order valence-electron chi connectivity index (χ2n) is 5.41. The molecule has 0 radical (unpaired) electrons. The number of anilines is 2. The number of amides is 1. The van der Waals surface area contributed by atoms with Gasteiger partial charge < -0.3 is 10.2 Å². The molecule has 0 spiro atoms. The van der Waals surface area contributed by atoms with Gasteiger partial charge in [-0.2, -0.15) is 0 Å². The molecule has 2 unspecified atom stereocenters. The number of nitrogens with one attached hydrogen (secondary N) is 1. The normalized spacial score (nSPS) is 26.2. The van der Waals surface area contributed by atoms with Crippen molar-refractivity contribution in [2.45, 2.75) is 26.2 Å². The van der Waals surface area contributed by atoms with Crippen LogP contribution in [0.3, 0.4) is 0 Å². The average Bonchev–Trinajstić information content (AvgIpc) is 2.91. The highest BCUT2D eigenvalue weighted by Crippen LogP contribution is 2.38. The van der Waals surface area contributed by atoms with Crippen LogP contribution in [0.1, 0.15) is 26.2 Å². The Morgan fingerprint density at radius 3 is 2.67 bits per heavy atom. The molecule has 3 rings (SSSR count). The van der Waals surface area contributed by atoms with Crippen LogP contribution in [0.4, 0.5) is 11.5 Å². The van der Waals surface area contributed by atoms with Crippen molar-refractivity contribution in [3.63, 3.8) is 0 Å². The molecule has 1 aliphatic carbocycles. The summed E-state index contributed by atoms with van der Waals surface area (Å²) in [6.45, 7) is 4.30. The molecular formula is C14H19N3O. The first kappa shape index (κ1) is 11.5. The maximum absolute atomic E-state index is 11.8. The lowest BCUT2D eigenvalue weighted by Crippen LogP contribution is -2.19. The fourth-order valence-electron chi connectivity index (χ4n) is 2.52. The van der Waals surface area contributed by atoms with Gasteiger partial charge in [0.2, 0.25) is 5.91 Å². The standard InChI is InChI=1S/C14H19N3O/c1-10-8-12(10)14(18)16-11-4-5-13(15-9-11)17-6-2-3-7-17/h4-5,9-10,12H,2-3,6-8H2,1H3,(H,16,18). The predicted molar refractivity (Wildman–Crippen MR) is 71.6 cm³/mol. The van der Waals surface area contributed by atoms with Gasteiger partial charge in [-0.15, -0.1) is 0 Å². The van der Waals surface area contributed by atoms with Crippen LogP contribution in [-0.4, -0.2) is 24.0 Å². The molecule has 2 aliphatic rings. The summed E-state index contributed by atoms with van der Waals surface area (Å²) in [5.74, 6) is 1.91. The minimum atomic E-state index is 0.137. The van der Waals surface area contributed by atoms with Crippen molar-refractivity contribution in [2.75, 3.05) is 23.3 Å². The molecule has 2 fully saturated rings. The Labute approximate surface area is 107 Å². The number of nitrogens with zero attached hydrogens (tertiary/aromatic N) is 2. The van der Waals surface area contributed by atoms with Crippen molar-refractivity contribution in [3.05, 3.63) is 18.3 Å². The van der Waals surface area contributed by atoms with E-state index in [0.717, 1.165) is 31.0 Å². The SMILES string of the molecule is CC1CC1C(=O)Nc1ccc(N2CCCC2)nc1. The molecule has 1 saturated heterocycles. The van der Waals surface area contributed by atoms with Gasteiger partial charge in [-0.1, -0.05) is 6.92 Å². The Bertz CT molecular complexity index is 437. The van der Waals surface area contributed by atoms with Crippen molar-refractivity contribution in [1.29, 1.82) is 0 Å². The lowest BCUT2D eigenvalue weighted by atomic mass is 10.3. The number of rotatable bonds is 3. The maximum Gasteiger partial charge on any atom is 0.227 e. The minimum Gasteiger partial charge on any atom is -0.357 e. The van der Waals surface area contributed by atoms with E-state index in [2.05, 4.69) is 22.1 Å². The molecule has 18 heavy (non-hydrogen) atoms. The Balaban J connectivity index is 1.62. The monoisotopic (exact) mass is 245 g/mol. The summed E-state index contributed by atoms with van der Waals surface area (Å²) < 4.78 is 0. The van der Waals surface area contributed by atoms with Crippen molar-refractivity contribution in [2.24, 2.45) is 11.8 Å². The topological polar surface area (TPSA) is 45.2 Å². The molecule has 2 atom stereocenters. The largest absolute Gasteiger partial charge is 0.357 e. The zero-order valence-electron chi connectivity index (χ0n) is 10.7. The van der Waals surface area contributed by atoms with Gasteiger partial charge in [0.05, 0.1) is 11.9 Å². The Morgan fingerprint density at radius 2 is 2.11 bits per heavy atom. The minimum absolute atomic E-state index is 0.137. The van der Waals surface area contributed by atoms with E-state index >= 15 is 0 Å². The van der Waals surface area contributed by atoms with E-state index in [1.807, 2.05) is 12.1 Å². The number of carbonyl (C=O) groups is 1. The first-order valence-corrected chi connectivity index (χ1v) is 6.76. The third-order valence-corrected chi connectivity index (χ3v) is 3.89. The van der Waals surface area contributed by atoms with Gasteiger partial charge >= 0.3 is 0 Å². The summed E-state index contributed by atoms with van der Waals surface area (Å²) in [6, 6.07) is 3.95. The highest BCUT2D eigenvalue weighted by Gasteiger charge is 2.39. The zero-order chi connectivity index (χ0) is 12.5. The molecule has 1 N–H and O–H groups in total. The van der Waals surface area contributed by atoms with Gasteiger partial charge in [-0.3, -0.25) is 4.79 Å². The average molecular weight is 245 g/mol. The molecule has 96 valence electrons. The first-order chi connectivity index (χ1) is 8.74. The van der Waals surface area contributed by atoms with Crippen molar-refractivity contribution < 1.29 is 4.79 Å². The number of hydrogen-bond acceptors (Lipinski definition) is 3. The van der Waals surface area contributed by atoms with Crippen LogP contribution in [0.25, 0.3) is 0 Å². The first-order valence-electron chi connectivity index (χ1n) is 6.76. The van der Waals surface area contributed by atoms with Crippen molar-refractivity contribution in [1.82, 2.24) is 4.98 Å². The lowest BCUT2D eigenvalue weighted by molar-refractivity contribution is -0.117. The highest BCUT2D eigenvalue weighted by molar-refractivity contribution is 5.94. The molecule has 1 aliphatic heterocycles. The zero-order valence-corrected chi connectivity index (χ0v) is 10.7. The summed E-state index contributed by atoms with van der Waals surface area (Å²) in [7, 11) is 0. The second kappa shape index (κ2) is 4.59. The second-order valence-corrected chi connectivity index (χ2v) is 5.41. The molecule has 2 heterocycles. The fraction of sp³-hybridized carbons (Fsp3) is 0.571. The molecule has 0 aromatic carbocycles. The van der Waals surface area contributed by atoms with E-state index in [1.165, 1.54) is 12.8 Å². The van der Waals surface area contributed by atoms with Crippen LogP contribution in [0, 0.1) is 11.8 Å². The van der Waals surface area contributed by atoms with Crippen LogP contribution in [0.15, 0.2) is 18.3 Å². The summed E-state index contributed by atoms with van der Waals surface area (Å²) >= 11 is 0.